The minimum absolute atomic E-state index is 0.0789. The number of hydrogen-bond donors (Lipinski definition) is 3. The van der Waals surface area contributed by atoms with Crippen molar-refractivity contribution in [1.82, 2.24) is 16.3 Å². The maximum absolute atomic E-state index is 12.7. The zero-order valence-corrected chi connectivity index (χ0v) is 20.4. The van der Waals surface area contributed by atoms with Gasteiger partial charge in [-0.25, -0.2) is 5.43 Å². The molecule has 3 aromatic rings. The molecule has 1 aliphatic carbocycles. The number of aryl methyl sites for hydroxylation is 1. The van der Waals surface area contributed by atoms with Crippen molar-refractivity contribution >= 4 is 51.0 Å². The number of carbonyl (C=O) groups is 3. The average Bonchev–Trinajstić information content (AvgIpc) is 3.18. The fourth-order valence-electron chi connectivity index (χ4n) is 3.62. The molecular formula is C24H20BrClN4O4. The maximum atomic E-state index is 12.7. The number of halogens is 2. The Labute approximate surface area is 208 Å². The molecule has 3 amide bonds. The maximum Gasteiger partial charge on any atom is 0.305 e. The van der Waals surface area contributed by atoms with Gasteiger partial charge in [-0.1, -0.05) is 27.5 Å². The van der Waals surface area contributed by atoms with Crippen LogP contribution in [0.1, 0.15) is 61.0 Å². The Morgan fingerprint density at radius 2 is 1.53 bits per heavy atom. The van der Waals surface area contributed by atoms with E-state index in [1.807, 2.05) is 0 Å². The number of hydrogen-bond acceptors (Lipinski definition) is 5. The van der Waals surface area contributed by atoms with Crippen LogP contribution in [0.5, 0.6) is 0 Å². The second-order valence-corrected chi connectivity index (χ2v) is 8.98. The van der Waals surface area contributed by atoms with E-state index in [1.54, 1.807) is 55.5 Å². The number of nitrogens with one attached hydrogen (secondary N) is 3. The molecule has 8 nitrogen and oxygen atoms in total. The van der Waals surface area contributed by atoms with Crippen molar-refractivity contribution in [2.24, 2.45) is 5.10 Å². The van der Waals surface area contributed by atoms with E-state index < -0.39 is 11.8 Å². The monoisotopic (exact) mass is 542 g/mol. The van der Waals surface area contributed by atoms with Crippen LogP contribution in [0.25, 0.3) is 0 Å². The van der Waals surface area contributed by atoms with Crippen LogP contribution in [-0.2, 0) is 6.42 Å². The van der Waals surface area contributed by atoms with E-state index in [1.165, 1.54) is 0 Å². The molecule has 1 aliphatic rings. The summed E-state index contributed by atoms with van der Waals surface area (Å²) in [7, 11) is 0. The van der Waals surface area contributed by atoms with Crippen molar-refractivity contribution in [3.05, 3.63) is 91.8 Å². The largest absolute Gasteiger partial charge is 0.455 e. The predicted octanol–water partition coefficient (Wildman–Crippen LogP) is 4.55. The number of amides is 3. The van der Waals surface area contributed by atoms with Crippen molar-refractivity contribution in [3.8, 4) is 0 Å². The third-order valence-electron chi connectivity index (χ3n) is 5.33. The standard InChI is InChI=1S/C24H20BrClN4O4/c1-13-20-18(27-28-22(31)14-5-9-16(25)10-6-14)3-2-4-19(20)34-21(13)24(33)30-29-23(32)15-7-11-17(26)12-8-15/h5-12H,2-4H2,1H3,(H,28,31)(H,29,32)(H,30,33)/b27-18+. The van der Waals surface area contributed by atoms with Crippen LogP contribution in [-0.4, -0.2) is 23.4 Å². The molecule has 0 fully saturated rings. The van der Waals surface area contributed by atoms with Crippen molar-refractivity contribution in [1.29, 1.82) is 0 Å². The lowest BCUT2D eigenvalue weighted by Crippen LogP contribution is -2.41. The van der Waals surface area contributed by atoms with Crippen LogP contribution >= 0.6 is 27.5 Å². The van der Waals surface area contributed by atoms with Crippen molar-refractivity contribution in [2.45, 2.75) is 26.2 Å². The molecule has 10 heteroatoms. The minimum atomic E-state index is -0.590. The molecule has 0 atom stereocenters. The van der Waals surface area contributed by atoms with Crippen LogP contribution in [0, 0.1) is 6.92 Å². The summed E-state index contributed by atoms with van der Waals surface area (Å²) >= 11 is 9.17. The van der Waals surface area contributed by atoms with Gasteiger partial charge in [0.15, 0.2) is 5.76 Å². The highest BCUT2D eigenvalue weighted by molar-refractivity contribution is 9.10. The molecule has 0 spiro atoms. The topological polar surface area (TPSA) is 113 Å². The Kier molecular flexibility index (Phi) is 7.14. The molecule has 0 saturated heterocycles. The molecule has 0 aliphatic heterocycles. The molecule has 0 radical (unpaired) electrons. The van der Waals surface area contributed by atoms with Gasteiger partial charge >= 0.3 is 5.91 Å². The van der Waals surface area contributed by atoms with Gasteiger partial charge in [-0.15, -0.1) is 0 Å². The molecule has 0 bridgehead atoms. The highest BCUT2D eigenvalue weighted by Gasteiger charge is 2.28. The molecule has 3 N–H and O–H groups in total. The van der Waals surface area contributed by atoms with E-state index in [-0.39, 0.29) is 11.7 Å². The minimum Gasteiger partial charge on any atom is -0.455 e. The quantitative estimate of drug-likeness (QED) is 0.419. The number of hydrazine groups is 1. The lowest BCUT2D eigenvalue weighted by Gasteiger charge is -2.13. The molecule has 0 saturated carbocycles. The number of fused-ring (bicyclic) bond motifs is 1. The third-order valence-corrected chi connectivity index (χ3v) is 6.11. The Bertz CT molecular complexity index is 1280. The van der Waals surface area contributed by atoms with Gasteiger partial charge in [0.2, 0.25) is 0 Å². The second kappa shape index (κ2) is 10.2. The number of nitrogens with zero attached hydrogens (tertiary/aromatic N) is 1. The van der Waals surface area contributed by atoms with E-state index in [2.05, 4.69) is 37.3 Å². The number of benzene rings is 2. The molecule has 2 aromatic carbocycles. The number of furan rings is 1. The van der Waals surface area contributed by atoms with Crippen molar-refractivity contribution in [3.63, 3.8) is 0 Å². The summed E-state index contributed by atoms with van der Waals surface area (Å²) in [5, 5.41) is 4.81. The SMILES string of the molecule is Cc1c(C(=O)NNC(=O)c2ccc(Cl)cc2)oc2c1/C(=N/NC(=O)c1ccc(Br)cc1)CCC2. The first-order valence-electron chi connectivity index (χ1n) is 10.4. The molecule has 174 valence electrons. The van der Waals surface area contributed by atoms with Gasteiger partial charge in [-0.05, 0) is 68.3 Å². The third kappa shape index (κ3) is 5.21. The highest BCUT2D eigenvalue weighted by atomic mass is 79.9. The predicted molar refractivity (Wildman–Crippen MR) is 131 cm³/mol. The summed E-state index contributed by atoms with van der Waals surface area (Å²) in [5.41, 5.74) is 10.1. The molecular weight excluding hydrogens is 524 g/mol. The molecule has 4 rings (SSSR count). The van der Waals surface area contributed by atoms with Gasteiger partial charge < -0.3 is 4.42 Å². The number of carbonyl (C=O) groups excluding carboxylic acids is 3. The van der Waals surface area contributed by atoms with Crippen molar-refractivity contribution < 1.29 is 18.8 Å². The lowest BCUT2D eigenvalue weighted by molar-refractivity contribution is 0.0829. The number of rotatable bonds is 4. The summed E-state index contributed by atoms with van der Waals surface area (Å²) < 4.78 is 6.68. The van der Waals surface area contributed by atoms with Crippen LogP contribution < -0.4 is 16.3 Å². The molecule has 0 unspecified atom stereocenters. The highest BCUT2D eigenvalue weighted by Crippen LogP contribution is 2.29. The van der Waals surface area contributed by atoms with Gasteiger partial charge in [0.05, 0.1) is 5.71 Å². The van der Waals surface area contributed by atoms with E-state index in [0.29, 0.717) is 51.6 Å². The average molecular weight is 544 g/mol. The lowest BCUT2D eigenvalue weighted by atomic mass is 9.93. The normalized spacial score (nSPS) is 13.8. The van der Waals surface area contributed by atoms with Crippen LogP contribution in [0.2, 0.25) is 5.02 Å². The van der Waals surface area contributed by atoms with Crippen LogP contribution in [0.4, 0.5) is 0 Å². The van der Waals surface area contributed by atoms with E-state index >= 15 is 0 Å². The van der Waals surface area contributed by atoms with Gasteiger partial charge in [0.25, 0.3) is 11.8 Å². The zero-order chi connectivity index (χ0) is 24.2. The summed E-state index contributed by atoms with van der Waals surface area (Å²) in [5.74, 6) is -0.717. The fourth-order valence-corrected chi connectivity index (χ4v) is 4.01. The van der Waals surface area contributed by atoms with Crippen molar-refractivity contribution in [2.75, 3.05) is 0 Å². The first-order chi connectivity index (χ1) is 16.3. The van der Waals surface area contributed by atoms with E-state index in [9.17, 15) is 14.4 Å². The van der Waals surface area contributed by atoms with E-state index in [4.69, 9.17) is 16.0 Å². The fraction of sp³-hybridized carbons (Fsp3) is 0.167. The Balaban J connectivity index is 1.47. The Morgan fingerprint density at radius 1 is 0.912 bits per heavy atom. The van der Waals surface area contributed by atoms with Crippen LogP contribution in [0.15, 0.2) is 62.5 Å². The Hall–Kier alpha value is -3.43. The Morgan fingerprint density at radius 3 is 2.24 bits per heavy atom. The summed E-state index contributed by atoms with van der Waals surface area (Å²) in [6, 6.07) is 13.2. The first-order valence-corrected chi connectivity index (χ1v) is 11.6. The van der Waals surface area contributed by atoms with Gasteiger partial charge in [0.1, 0.15) is 5.76 Å². The zero-order valence-electron chi connectivity index (χ0n) is 18.1. The summed E-state index contributed by atoms with van der Waals surface area (Å²) in [4.78, 5) is 37.4. The van der Waals surface area contributed by atoms with Crippen LogP contribution in [0.3, 0.4) is 0 Å². The second-order valence-electron chi connectivity index (χ2n) is 7.63. The molecule has 1 aromatic heterocycles. The number of hydrazone groups is 1. The smallest absolute Gasteiger partial charge is 0.305 e. The van der Waals surface area contributed by atoms with Gasteiger partial charge in [-0.2, -0.15) is 5.10 Å². The summed E-state index contributed by atoms with van der Waals surface area (Å²) in [6.07, 6.45) is 2.03. The molecule has 1 heterocycles. The van der Waals surface area contributed by atoms with Gasteiger partial charge in [-0.3, -0.25) is 25.2 Å². The summed E-state index contributed by atoms with van der Waals surface area (Å²) in [6.45, 7) is 1.75. The van der Waals surface area contributed by atoms with E-state index in [0.717, 1.165) is 10.9 Å². The molecule has 34 heavy (non-hydrogen) atoms. The van der Waals surface area contributed by atoms with Gasteiger partial charge in [0, 0.05) is 38.2 Å². The first kappa shape index (κ1) is 23.7.